The average molecular weight is 462 g/mol. The maximum Gasteiger partial charge on any atom is 0.246 e. The Kier molecular flexibility index (Phi) is 10.2. The second-order valence-electron chi connectivity index (χ2n) is 7.34. The van der Waals surface area contributed by atoms with Crippen LogP contribution in [-0.4, -0.2) is 62.9 Å². The van der Waals surface area contributed by atoms with Crippen LogP contribution < -0.4 is 10.1 Å². The summed E-state index contributed by atoms with van der Waals surface area (Å²) in [5.74, 6) is 0.103. The minimum absolute atomic E-state index is 0.0669. The first kappa shape index (κ1) is 25.8. The molecule has 0 atom stereocenters. The van der Waals surface area contributed by atoms with Gasteiger partial charge in [0.2, 0.25) is 15.9 Å². The number of hydrogen-bond donors (Lipinski definition) is 1. The lowest BCUT2D eigenvalue weighted by Crippen LogP contribution is -2.34. The molecule has 0 saturated carbocycles. The molecule has 2 rings (SSSR count). The Morgan fingerprint density at radius 1 is 0.969 bits per heavy atom. The number of anilines is 1. The van der Waals surface area contributed by atoms with Crippen molar-refractivity contribution in [3.8, 4) is 5.75 Å². The highest BCUT2D eigenvalue weighted by Gasteiger charge is 2.26. The number of hydrogen-bond acceptors (Lipinski definition) is 5. The first-order chi connectivity index (χ1) is 15.3. The molecule has 0 aromatic heterocycles. The fourth-order valence-corrected chi connectivity index (χ4v) is 5.06. The van der Waals surface area contributed by atoms with Crippen molar-refractivity contribution in [3.63, 3.8) is 0 Å². The van der Waals surface area contributed by atoms with E-state index in [2.05, 4.69) is 22.3 Å². The fourth-order valence-electron chi connectivity index (χ4n) is 3.45. The summed E-state index contributed by atoms with van der Waals surface area (Å²) in [6.45, 7) is 10.2. The largest absolute Gasteiger partial charge is 0.492 e. The van der Waals surface area contributed by atoms with Gasteiger partial charge in [-0.2, -0.15) is 4.31 Å². The summed E-state index contributed by atoms with van der Waals surface area (Å²) in [5, 5.41) is 2.84. The van der Waals surface area contributed by atoms with Gasteiger partial charge in [-0.05, 0) is 43.7 Å². The van der Waals surface area contributed by atoms with Gasteiger partial charge in [0.1, 0.15) is 10.6 Å². The minimum atomic E-state index is -3.73. The van der Waals surface area contributed by atoms with Gasteiger partial charge in [-0.15, -0.1) is 0 Å². The van der Waals surface area contributed by atoms with Crippen molar-refractivity contribution in [2.75, 3.05) is 44.6 Å². The molecule has 0 spiro atoms. The van der Waals surface area contributed by atoms with E-state index in [1.807, 2.05) is 25.1 Å². The highest BCUT2D eigenvalue weighted by atomic mass is 32.2. The van der Waals surface area contributed by atoms with Gasteiger partial charge in [-0.3, -0.25) is 9.69 Å². The number of benzene rings is 2. The van der Waals surface area contributed by atoms with Gasteiger partial charge in [-0.1, -0.05) is 51.1 Å². The second-order valence-corrected chi connectivity index (χ2v) is 9.24. The Morgan fingerprint density at radius 2 is 1.66 bits per heavy atom. The third-order valence-electron chi connectivity index (χ3n) is 5.22. The normalized spacial score (nSPS) is 11.7. The Hall–Kier alpha value is -2.42. The van der Waals surface area contributed by atoms with E-state index >= 15 is 0 Å². The Labute approximate surface area is 192 Å². The molecule has 1 amide bonds. The van der Waals surface area contributed by atoms with Crippen LogP contribution in [0, 0.1) is 0 Å². The summed E-state index contributed by atoms with van der Waals surface area (Å²) in [6, 6.07) is 14.9. The topological polar surface area (TPSA) is 79.0 Å². The maximum absolute atomic E-state index is 13.1. The van der Waals surface area contributed by atoms with E-state index in [0.29, 0.717) is 25.4 Å². The van der Waals surface area contributed by atoms with Gasteiger partial charge in [0.25, 0.3) is 0 Å². The Bertz CT molecular complexity index is 960. The van der Waals surface area contributed by atoms with E-state index in [1.165, 1.54) is 15.9 Å². The Morgan fingerprint density at radius 3 is 2.25 bits per heavy atom. The zero-order valence-corrected chi connectivity index (χ0v) is 20.3. The minimum Gasteiger partial charge on any atom is -0.492 e. The number of nitrogens with one attached hydrogen (secondary N) is 1. The van der Waals surface area contributed by atoms with E-state index in [4.69, 9.17) is 4.74 Å². The van der Waals surface area contributed by atoms with Crippen LogP contribution in [0.3, 0.4) is 0 Å². The van der Waals surface area contributed by atoms with Gasteiger partial charge in [-0.25, -0.2) is 8.42 Å². The van der Waals surface area contributed by atoms with E-state index in [9.17, 15) is 13.2 Å². The molecule has 7 nitrogen and oxygen atoms in total. The lowest BCUT2D eigenvalue weighted by Gasteiger charge is -2.22. The molecule has 0 bridgehead atoms. The first-order valence-corrected chi connectivity index (χ1v) is 12.6. The number of nitrogens with zero attached hydrogens (tertiary/aromatic N) is 2. The van der Waals surface area contributed by atoms with Gasteiger partial charge in [0.15, 0.2) is 0 Å². The zero-order chi connectivity index (χ0) is 23.6. The quantitative estimate of drug-likeness (QED) is 0.493. The smallest absolute Gasteiger partial charge is 0.246 e. The van der Waals surface area contributed by atoms with Crippen LogP contribution in [0.15, 0.2) is 53.4 Å². The van der Waals surface area contributed by atoms with Crippen molar-refractivity contribution in [2.45, 2.75) is 39.0 Å². The summed E-state index contributed by atoms with van der Waals surface area (Å²) in [7, 11) is -3.73. The first-order valence-electron chi connectivity index (χ1n) is 11.2. The van der Waals surface area contributed by atoms with Crippen molar-refractivity contribution >= 4 is 21.6 Å². The molecule has 1 N–H and O–H groups in total. The molecule has 176 valence electrons. The Balaban J connectivity index is 2.13. The third-order valence-corrected chi connectivity index (χ3v) is 7.30. The van der Waals surface area contributed by atoms with Crippen molar-refractivity contribution in [1.29, 1.82) is 0 Å². The molecule has 8 heteroatoms. The average Bonchev–Trinajstić information content (AvgIpc) is 2.79. The maximum atomic E-state index is 13.1. The van der Waals surface area contributed by atoms with Crippen LogP contribution in [0.25, 0.3) is 0 Å². The molecule has 2 aromatic rings. The van der Waals surface area contributed by atoms with Gasteiger partial charge in [0, 0.05) is 25.3 Å². The molecule has 0 saturated heterocycles. The number of rotatable bonds is 13. The molecule has 0 aliphatic carbocycles. The molecule has 0 unspecified atom stereocenters. The number of carbonyl (C=O) groups is 1. The second kappa shape index (κ2) is 12.6. The van der Waals surface area contributed by atoms with Crippen LogP contribution in [0.4, 0.5) is 5.69 Å². The summed E-state index contributed by atoms with van der Waals surface area (Å²) in [4.78, 5) is 14.8. The third kappa shape index (κ3) is 7.05. The highest BCUT2D eigenvalue weighted by Crippen LogP contribution is 2.30. The highest BCUT2D eigenvalue weighted by molar-refractivity contribution is 7.89. The molecule has 0 heterocycles. The van der Waals surface area contributed by atoms with Gasteiger partial charge < -0.3 is 10.1 Å². The van der Waals surface area contributed by atoms with Crippen molar-refractivity contribution in [2.24, 2.45) is 0 Å². The van der Waals surface area contributed by atoms with Crippen LogP contribution in [-0.2, 0) is 21.2 Å². The predicted octanol–water partition coefficient (Wildman–Crippen LogP) is 3.62. The molecule has 0 fully saturated rings. The fraction of sp³-hybridized carbons (Fsp3) is 0.458. The number of carbonyl (C=O) groups excluding carboxylic acids is 1. The lowest BCUT2D eigenvalue weighted by atomic mass is 10.1. The predicted molar refractivity (Wildman–Crippen MR) is 129 cm³/mol. The molecular formula is C24H35N3O4S. The SMILES string of the molecule is CCOc1ccc(NC(=O)CN(CC)CCc2ccccc2)cc1S(=O)(=O)N(CC)CC. The number of ether oxygens (including phenoxy) is 1. The van der Waals surface area contributed by atoms with Crippen molar-refractivity contribution in [3.05, 3.63) is 54.1 Å². The number of sulfonamides is 1. The van der Waals surface area contributed by atoms with E-state index < -0.39 is 10.0 Å². The zero-order valence-electron chi connectivity index (χ0n) is 19.5. The summed E-state index contributed by atoms with van der Waals surface area (Å²) < 4.78 is 33.1. The summed E-state index contributed by atoms with van der Waals surface area (Å²) in [5.41, 5.74) is 1.66. The molecule has 2 aromatic carbocycles. The van der Waals surface area contributed by atoms with Crippen molar-refractivity contribution in [1.82, 2.24) is 9.21 Å². The van der Waals surface area contributed by atoms with Crippen molar-refractivity contribution < 1.29 is 17.9 Å². The summed E-state index contributed by atoms with van der Waals surface area (Å²) >= 11 is 0. The van der Waals surface area contributed by atoms with E-state index in [-0.39, 0.29) is 23.1 Å². The standard InChI is InChI=1S/C24H35N3O4S/c1-5-26(17-16-20-12-10-9-11-13-20)19-24(28)25-21-14-15-22(31-8-4)23(18-21)32(29,30)27(6-2)7-3/h9-15,18H,5-8,16-17,19H2,1-4H3,(H,25,28). The lowest BCUT2D eigenvalue weighted by molar-refractivity contribution is -0.117. The molecule has 0 aliphatic heterocycles. The van der Waals surface area contributed by atoms with Crippen LogP contribution in [0.5, 0.6) is 5.75 Å². The number of amides is 1. The molecule has 0 aliphatic rings. The number of likely N-dealkylation sites (N-methyl/N-ethyl adjacent to an activating group) is 1. The molecule has 0 radical (unpaired) electrons. The van der Waals surface area contributed by atoms with Crippen LogP contribution in [0.1, 0.15) is 33.3 Å². The van der Waals surface area contributed by atoms with Gasteiger partial charge in [0.05, 0.1) is 13.2 Å². The van der Waals surface area contributed by atoms with Gasteiger partial charge >= 0.3 is 0 Å². The van der Waals surface area contributed by atoms with E-state index in [0.717, 1.165) is 19.5 Å². The van der Waals surface area contributed by atoms with Crippen LogP contribution >= 0.6 is 0 Å². The summed E-state index contributed by atoms with van der Waals surface area (Å²) in [6.07, 6.45) is 0.858. The van der Waals surface area contributed by atoms with E-state index in [1.54, 1.807) is 32.9 Å². The molecule has 32 heavy (non-hydrogen) atoms. The van der Waals surface area contributed by atoms with Crippen LogP contribution in [0.2, 0.25) is 0 Å². The molecular weight excluding hydrogens is 426 g/mol. The monoisotopic (exact) mass is 461 g/mol.